The summed E-state index contributed by atoms with van der Waals surface area (Å²) in [6.07, 6.45) is -3.13. The number of halogens is 3. The summed E-state index contributed by atoms with van der Waals surface area (Å²) in [7, 11) is 0. The number of hydrogen-bond acceptors (Lipinski definition) is 5. The number of nitrogens with zero attached hydrogens (tertiary/aromatic N) is 4. The van der Waals surface area contributed by atoms with Crippen molar-refractivity contribution in [1.82, 2.24) is 19.8 Å². The summed E-state index contributed by atoms with van der Waals surface area (Å²) < 4.78 is 46.8. The lowest BCUT2D eigenvalue weighted by Gasteiger charge is -2.32. The summed E-state index contributed by atoms with van der Waals surface area (Å²) in [5, 5.41) is 11.3. The average Bonchev–Trinajstić information content (AvgIpc) is 3.37. The number of aromatic nitrogens is 3. The number of carbonyl (C=O) groups is 1. The van der Waals surface area contributed by atoms with Gasteiger partial charge in [-0.3, -0.25) is 4.79 Å². The number of aryl methyl sites for hydroxylation is 2. The van der Waals surface area contributed by atoms with Gasteiger partial charge in [0.05, 0.1) is 11.4 Å². The lowest BCUT2D eigenvalue weighted by atomic mass is 10.0. The molecule has 2 aliphatic heterocycles. The average molecular weight is 411 g/mol. The van der Waals surface area contributed by atoms with Crippen LogP contribution in [0.4, 0.5) is 19.0 Å². The molecule has 1 N–H and O–H groups in total. The lowest BCUT2D eigenvalue weighted by Crippen LogP contribution is -2.38. The highest BCUT2D eigenvalue weighted by molar-refractivity contribution is 5.96. The van der Waals surface area contributed by atoms with Crippen LogP contribution in [0, 0.1) is 13.8 Å². The fraction of sp³-hybridized carbons (Fsp3) is 0.632. The SMILES string of the molecule is CC[C@@H]1C[C@H](C(F)(F)F)n2nc([C@@H]3CCN(C(=O)c4c(C)noc4C)C3)cc2N1. The molecule has 0 bridgehead atoms. The molecule has 0 saturated carbocycles. The van der Waals surface area contributed by atoms with Crippen molar-refractivity contribution in [2.75, 3.05) is 18.4 Å². The van der Waals surface area contributed by atoms with Crippen LogP contribution in [0.5, 0.6) is 0 Å². The molecular weight excluding hydrogens is 387 g/mol. The van der Waals surface area contributed by atoms with Crippen molar-refractivity contribution < 1.29 is 22.5 Å². The summed E-state index contributed by atoms with van der Waals surface area (Å²) in [4.78, 5) is 14.5. The Morgan fingerprint density at radius 3 is 2.76 bits per heavy atom. The number of anilines is 1. The van der Waals surface area contributed by atoms with E-state index in [-0.39, 0.29) is 24.3 Å². The zero-order valence-electron chi connectivity index (χ0n) is 16.6. The van der Waals surface area contributed by atoms with Gasteiger partial charge in [-0.1, -0.05) is 12.1 Å². The van der Waals surface area contributed by atoms with Crippen molar-refractivity contribution in [2.24, 2.45) is 0 Å². The fourth-order valence-corrected chi connectivity index (χ4v) is 4.27. The Labute approximate surface area is 166 Å². The molecule has 1 saturated heterocycles. The number of carbonyl (C=O) groups excluding carboxylic acids is 1. The summed E-state index contributed by atoms with van der Waals surface area (Å²) in [5.41, 5.74) is 1.59. The molecule has 1 amide bonds. The maximum atomic E-state index is 13.6. The molecule has 3 atom stereocenters. The Morgan fingerprint density at radius 1 is 1.38 bits per heavy atom. The number of rotatable bonds is 3. The van der Waals surface area contributed by atoms with Gasteiger partial charge in [0.2, 0.25) is 0 Å². The number of fused-ring (bicyclic) bond motifs is 1. The van der Waals surface area contributed by atoms with Crippen LogP contribution in [0.15, 0.2) is 10.6 Å². The third kappa shape index (κ3) is 3.49. The number of hydrogen-bond donors (Lipinski definition) is 1. The number of alkyl halides is 3. The first kappa shape index (κ1) is 19.8. The molecule has 2 aliphatic rings. The van der Waals surface area contributed by atoms with Crippen molar-refractivity contribution in [3.63, 3.8) is 0 Å². The van der Waals surface area contributed by atoms with Crippen molar-refractivity contribution in [2.45, 2.75) is 64.2 Å². The van der Waals surface area contributed by atoms with E-state index in [1.54, 1.807) is 24.8 Å². The van der Waals surface area contributed by atoms with Crippen molar-refractivity contribution in [1.29, 1.82) is 0 Å². The maximum Gasteiger partial charge on any atom is 0.410 e. The first-order chi connectivity index (χ1) is 13.7. The van der Waals surface area contributed by atoms with E-state index in [2.05, 4.69) is 15.6 Å². The molecule has 10 heteroatoms. The summed E-state index contributed by atoms with van der Waals surface area (Å²) in [6, 6.07) is -0.159. The molecule has 2 aromatic heterocycles. The van der Waals surface area contributed by atoms with E-state index >= 15 is 0 Å². The van der Waals surface area contributed by atoms with E-state index in [0.29, 0.717) is 54.5 Å². The highest BCUT2D eigenvalue weighted by atomic mass is 19.4. The van der Waals surface area contributed by atoms with Crippen LogP contribution in [-0.4, -0.2) is 51.1 Å². The topological polar surface area (TPSA) is 76.2 Å². The van der Waals surface area contributed by atoms with Gasteiger partial charge in [-0.05, 0) is 33.1 Å². The Hall–Kier alpha value is -2.52. The molecule has 0 spiro atoms. The normalized spacial score (nSPS) is 24.5. The van der Waals surface area contributed by atoms with Crippen LogP contribution in [-0.2, 0) is 0 Å². The van der Waals surface area contributed by atoms with Gasteiger partial charge in [-0.25, -0.2) is 4.68 Å². The van der Waals surface area contributed by atoms with E-state index < -0.39 is 12.2 Å². The monoisotopic (exact) mass is 411 g/mol. The third-order valence-electron chi connectivity index (χ3n) is 5.92. The fourth-order valence-electron chi connectivity index (χ4n) is 4.27. The van der Waals surface area contributed by atoms with Crippen LogP contribution in [0.1, 0.15) is 65.7 Å². The number of amides is 1. The molecule has 4 heterocycles. The van der Waals surface area contributed by atoms with Crippen LogP contribution in [0.25, 0.3) is 0 Å². The smallest absolute Gasteiger partial charge is 0.367 e. The second-order valence-corrected chi connectivity index (χ2v) is 7.88. The minimum atomic E-state index is -4.35. The Kier molecular flexibility index (Phi) is 4.82. The summed E-state index contributed by atoms with van der Waals surface area (Å²) >= 11 is 0. The molecule has 1 fully saturated rings. The number of nitrogens with one attached hydrogen (secondary N) is 1. The summed E-state index contributed by atoms with van der Waals surface area (Å²) in [6.45, 7) is 6.20. The highest BCUT2D eigenvalue weighted by Gasteiger charge is 2.46. The maximum absolute atomic E-state index is 13.6. The van der Waals surface area contributed by atoms with Gasteiger partial charge in [0.1, 0.15) is 17.1 Å². The Bertz CT molecular complexity index is 900. The Balaban J connectivity index is 1.55. The highest BCUT2D eigenvalue weighted by Crippen LogP contribution is 2.41. The Morgan fingerprint density at radius 2 is 2.14 bits per heavy atom. The van der Waals surface area contributed by atoms with Crippen LogP contribution in [0.2, 0.25) is 0 Å². The molecular formula is C19H24F3N5O2. The van der Waals surface area contributed by atoms with Gasteiger partial charge in [0, 0.05) is 31.1 Å². The van der Waals surface area contributed by atoms with E-state index in [9.17, 15) is 18.0 Å². The predicted octanol–water partition coefficient (Wildman–Crippen LogP) is 3.82. The van der Waals surface area contributed by atoms with E-state index in [1.165, 1.54) is 0 Å². The van der Waals surface area contributed by atoms with E-state index in [0.717, 1.165) is 4.68 Å². The second kappa shape index (κ2) is 7.07. The minimum absolute atomic E-state index is 0.0323. The zero-order chi connectivity index (χ0) is 20.9. The standard InChI is InChI=1S/C19H24F3N5O2/c1-4-13-7-15(19(20,21)22)27-16(23-13)8-14(24-27)12-5-6-26(9-12)18(28)17-10(2)25-29-11(17)3/h8,12-13,15,23H,4-7,9H2,1-3H3/t12-,13-,15-/m1/s1. The quantitative estimate of drug-likeness (QED) is 0.831. The van der Waals surface area contributed by atoms with Crippen LogP contribution < -0.4 is 5.32 Å². The van der Waals surface area contributed by atoms with Gasteiger partial charge >= 0.3 is 6.18 Å². The molecule has 7 nitrogen and oxygen atoms in total. The van der Waals surface area contributed by atoms with E-state index in [1.807, 2.05) is 6.92 Å². The summed E-state index contributed by atoms with van der Waals surface area (Å²) in [5.74, 6) is 0.602. The molecule has 0 aromatic carbocycles. The molecule has 0 aliphatic carbocycles. The molecule has 4 rings (SSSR count). The first-order valence-electron chi connectivity index (χ1n) is 9.83. The predicted molar refractivity (Wildman–Crippen MR) is 98.9 cm³/mol. The molecule has 158 valence electrons. The van der Waals surface area contributed by atoms with E-state index in [4.69, 9.17) is 4.52 Å². The first-order valence-corrected chi connectivity index (χ1v) is 9.83. The largest absolute Gasteiger partial charge is 0.410 e. The van der Waals surface area contributed by atoms with Gasteiger partial charge in [-0.15, -0.1) is 0 Å². The second-order valence-electron chi connectivity index (χ2n) is 7.88. The van der Waals surface area contributed by atoms with Gasteiger partial charge in [-0.2, -0.15) is 18.3 Å². The van der Waals surface area contributed by atoms with Gasteiger partial charge < -0.3 is 14.7 Å². The van der Waals surface area contributed by atoms with Gasteiger partial charge in [0.25, 0.3) is 5.91 Å². The third-order valence-corrected chi connectivity index (χ3v) is 5.92. The molecule has 2 aromatic rings. The molecule has 0 radical (unpaired) electrons. The zero-order valence-corrected chi connectivity index (χ0v) is 16.6. The van der Waals surface area contributed by atoms with Gasteiger partial charge in [0.15, 0.2) is 6.04 Å². The minimum Gasteiger partial charge on any atom is -0.367 e. The van der Waals surface area contributed by atoms with Crippen molar-refractivity contribution >= 4 is 11.7 Å². The molecule has 0 unspecified atom stereocenters. The van der Waals surface area contributed by atoms with Crippen LogP contribution >= 0.6 is 0 Å². The molecule has 29 heavy (non-hydrogen) atoms. The van der Waals surface area contributed by atoms with Crippen molar-refractivity contribution in [3.05, 3.63) is 28.8 Å². The number of likely N-dealkylation sites (tertiary alicyclic amines) is 1. The van der Waals surface area contributed by atoms with Crippen molar-refractivity contribution in [3.8, 4) is 0 Å². The lowest BCUT2D eigenvalue weighted by molar-refractivity contribution is -0.173. The van der Waals surface area contributed by atoms with Crippen LogP contribution in [0.3, 0.4) is 0 Å².